The van der Waals surface area contributed by atoms with Gasteiger partial charge in [-0.25, -0.2) is 0 Å². The number of amides is 2. The number of nitrogens with zero attached hydrogens (tertiary/aromatic N) is 1. The second kappa shape index (κ2) is 13.1. The van der Waals surface area contributed by atoms with Crippen LogP contribution < -0.4 is 10.6 Å². The summed E-state index contributed by atoms with van der Waals surface area (Å²) in [6.45, 7) is 2.74. The zero-order valence-corrected chi connectivity index (χ0v) is 17.5. The maximum absolute atomic E-state index is 12.6. The van der Waals surface area contributed by atoms with Crippen molar-refractivity contribution in [2.75, 3.05) is 45.7 Å². The summed E-state index contributed by atoms with van der Waals surface area (Å²) in [7, 11) is -3.57. The highest BCUT2D eigenvalue weighted by Gasteiger charge is 2.39. The Labute approximate surface area is 170 Å². The lowest BCUT2D eigenvalue weighted by Gasteiger charge is -2.27. The Bertz CT molecular complexity index is 544. The third kappa shape index (κ3) is 12.4. The molecule has 0 saturated carbocycles. The van der Waals surface area contributed by atoms with E-state index in [0.717, 1.165) is 0 Å². The van der Waals surface area contributed by atoms with Crippen LogP contribution in [0.4, 0.5) is 26.3 Å². The standard InChI is InChI=1S/C15H26F6N3O5P/c1-3-28-30(27,29-4-2)11-24(9-5-7-22-12(25)14(16,17)18)10-6-8-23-13(26)15(19,20)21/h3-11H2,1-2H3,(H,22,25)(H,23,26). The first kappa shape index (κ1) is 28.6. The van der Waals surface area contributed by atoms with Gasteiger partial charge in [-0.2, -0.15) is 26.3 Å². The lowest BCUT2D eigenvalue weighted by molar-refractivity contribution is -0.173. The van der Waals surface area contributed by atoms with Crippen molar-refractivity contribution in [3.8, 4) is 0 Å². The number of nitrogens with one attached hydrogen (secondary N) is 2. The van der Waals surface area contributed by atoms with E-state index in [0.29, 0.717) is 0 Å². The van der Waals surface area contributed by atoms with Gasteiger partial charge in [0.25, 0.3) is 0 Å². The average Bonchev–Trinajstić information content (AvgIpc) is 2.60. The van der Waals surface area contributed by atoms with Gasteiger partial charge >= 0.3 is 31.8 Å². The van der Waals surface area contributed by atoms with Crippen molar-refractivity contribution in [2.45, 2.75) is 39.0 Å². The van der Waals surface area contributed by atoms with Crippen molar-refractivity contribution in [1.29, 1.82) is 0 Å². The molecule has 0 aliphatic carbocycles. The molecule has 0 saturated heterocycles. The molecular weight excluding hydrogens is 447 g/mol. The van der Waals surface area contributed by atoms with Gasteiger partial charge in [0.05, 0.1) is 13.2 Å². The summed E-state index contributed by atoms with van der Waals surface area (Å²) < 4.78 is 96.0. The zero-order chi connectivity index (χ0) is 23.4. The fourth-order valence-electron chi connectivity index (χ4n) is 2.22. The second-order valence-electron chi connectivity index (χ2n) is 5.92. The third-order valence-corrected chi connectivity index (χ3v) is 5.46. The Hall–Kier alpha value is -1.37. The summed E-state index contributed by atoms with van der Waals surface area (Å²) in [4.78, 5) is 23.1. The minimum atomic E-state index is -5.02. The Morgan fingerprint density at radius 2 is 1.20 bits per heavy atom. The van der Waals surface area contributed by atoms with Crippen molar-refractivity contribution in [1.82, 2.24) is 15.5 Å². The molecule has 0 atom stereocenters. The van der Waals surface area contributed by atoms with Gasteiger partial charge < -0.3 is 19.7 Å². The predicted molar refractivity (Wildman–Crippen MR) is 94.7 cm³/mol. The molecule has 0 fully saturated rings. The van der Waals surface area contributed by atoms with Crippen LogP contribution in [0.1, 0.15) is 26.7 Å². The fourth-order valence-corrected chi connectivity index (χ4v) is 4.02. The van der Waals surface area contributed by atoms with E-state index in [2.05, 4.69) is 0 Å². The van der Waals surface area contributed by atoms with Crippen LogP contribution in [0.15, 0.2) is 0 Å². The molecule has 2 amide bonds. The van der Waals surface area contributed by atoms with Crippen LogP contribution in [-0.4, -0.2) is 74.7 Å². The predicted octanol–water partition coefficient (Wildman–Crippen LogP) is 2.65. The lowest BCUT2D eigenvalue weighted by atomic mass is 10.3. The minimum absolute atomic E-state index is 0.0367. The van der Waals surface area contributed by atoms with Crippen LogP contribution in [0, 0.1) is 0 Å². The first-order valence-electron chi connectivity index (χ1n) is 9.05. The normalized spacial score (nSPS) is 12.8. The molecule has 15 heteroatoms. The van der Waals surface area contributed by atoms with Gasteiger partial charge in [0.15, 0.2) is 0 Å². The molecule has 0 heterocycles. The summed E-state index contributed by atoms with van der Waals surface area (Å²) in [5.41, 5.74) is 0. The quantitative estimate of drug-likeness (QED) is 0.229. The molecule has 0 rings (SSSR count). The van der Waals surface area contributed by atoms with E-state index in [1.165, 1.54) is 4.90 Å². The van der Waals surface area contributed by atoms with E-state index in [1.54, 1.807) is 24.5 Å². The van der Waals surface area contributed by atoms with E-state index >= 15 is 0 Å². The van der Waals surface area contributed by atoms with Gasteiger partial charge in [-0.05, 0) is 26.7 Å². The highest BCUT2D eigenvalue weighted by atomic mass is 31.2. The van der Waals surface area contributed by atoms with Crippen molar-refractivity contribution < 1.29 is 49.5 Å². The molecule has 8 nitrogen and oxygen atoms in total. The van der Waals surface area contributed by atoms with Crippen molar-refractivity contribution in [3.63, 3.8) is 0 Å². The highest BCUT2D eigenvalue weighted by Crippen LogP contribution is 2.48. The maximum atomic E-state index is 12.6. The monoisotopic (exact) mass is 473 g/mol. The van der Waals surface area contributed by atoms with Crippen LogP contribution >= 0.6 is 7.60 Å². The Morgan fingerprint density at radius 1 is 0.833 bits per heavy atom. The van der Waals surface area contributed by atoms with Gasteiger partial charge in [-0.3, -0.25) is 19.1 Å². The average molecular weight is 473 g/mol. The Kier molecular flexibility index (Phi) is 12.5. The van der Waals surface area contributed by atoms with E-state index in [1.807, 2.05) is 0 Å². The van der Waals surface area contributed by atoms with E-state index in [9.17, 15) is 40.5 Å². The molecule has 0 aromatic carbocycles. The van der Waals surface area contributed by atoms with Gasteiger partial charge in [0.1, 0.15) is 6.29 Å². The Balaban J connectivity index is 4.77. The number of alkyl halides is 6. The van der Waals surface area contributed by atoms with Crippen LogP contribution in [0.3, 0.4) is 0 Å². The molecule has 0 aliphatic heterocycles. The van der Waals surface area contributed by atoms with Crippen molar-refractivity contribution in [2.24, 2.45) is 0 Å². The van der Waals surface area contributed by atoms with E-state index in [-0.39, 0.29) is 58.5 Å². The molecular formula is C15H26F6N3O5P. The smallest absolute Gasteiger partial charge is 0.348 e. The number of halogens is 6. The molecule has 0 radical (unpaired) electrons. The summed E-state index contributed by atoms with van der Waals surface area (Å²) in [5.74, 6) is -4.20. The molecule has 0 aliphatic rings. The topological polar surface area (TPSA) is 97.0 Å². The molecule has 178 valence electrons. The Morgan fingerprint density at radius 3 is 1.50 bits per heavy atom. The second-order valence-corrected chi connectivity index (χ2v) is 7.94. The number of hydrogen-bond donors (Lipinski definition) is 2. The SMILES string of the molecule is CCOP(=O)(CN(CCCNC(=O)C(F)(F)F)CCCNC(=O)C(F)(F)F)OCC. The van der Waals surface area contributed by atoms with Crippen LogP contribution in [0.25, 0.3) is 0 Å². The van der Waals surface area contributed by atoms with Crippen LogP contribution in [-0.2, 0) is 23.2 Å². The van der Waals surface area contributed by atoms with Gasteiger partial charge in [0.2, 0.25) is 0 Å². The van der Waals surface area contributed by atoms with E-state index < -0.39 is 31.8 Å². The third-order valence-electron chi connectivity index (χ3n) is 3.41. The van der Waals surface area contributed by atoms with Crippen molar-refractivity contribution >= 4 is 19.4 Å². The lowest BCUT2D eigenvalue weighted by Crippen LogP contribution is -2.39. The molecule has 0 spiro atoms. The summed E-state index contributed by atoms with van der Waals surface area (Å²) in [6, 6.07) is 0. The van der Waals surface area contributed by atoms with Crippen molar-refractivity contribution in [3.05, 3.63) is 0 Å². The number of carbonyl (C=O) groups excluding carboxylic acids is 2. The number of hydrogen-bond acceptors (Lipinski definition) is 6. The fraction of sp³-hybridized carbons (Fsp3) is 0.867. The minimum Gasteiger partial charge on any atom is -0.348 e. The first-order chi connectivity index (χ1) is 13.7. The summed E-state index contributed by atoms with van der Waals surface area (Å²) in [6.07, 6.45) is -10.2. The van der Waals surface area contributed by atoms with Crippen LogP contribution in [0.5, 0.6) is 0 Å². The maximum Gasteiger partial charge on any atom is 0.471 e. The molecule has 2 N–H and O–H groups in total. The molecule has 0 bridgehead atoms. The zero-order valence-electron chi connectivity index (χ0n) is 16.6. The molecule has 0 unspecified atom stereocenters. The molecule has 0 aromatic rings. The first-order valence-corrected chi connectivity index (χ1v) is 10.8. The van der Waals surface area contributed by atoms with Gasteiger partial charge in [-0.1, -0.05) is 0 Å². The molecule has 30 heavy (non-hydrogen) atoms. The van der Waals surface area contributed by atoms with E-state index in [4.69, 9.17) is 9.05 Å². The van der Waals surface area contributed by atoms with Gasteiger partial charge in [-0.15, -0.1) is 0 Å². The largest absolute Gasteiger partial charge is 0.471 e. The summed E-state index contributed by atoms with van der Waals surface area (Å²) in [5, 5.41) is 3.37. The number of rotatable bonds is 14. The molecule has 0 aromatic heterocycles. The highest BCUT2D eigenvalue weighted by molar-refractivity contribution is 7.53. The number of carbonyl (C=O) groups is 2. The summed E-state index contributed by atoms with van der Waals surface area (Å²) >= 11 is 0. The van der Waals surface area contributed by atoms with Gasteiger partial charge in [0, 0.05) is 26.2 Å². The van der Waals surface area contributed by atoms with Crippen LogP contribution in [0.2, 0.25) is 0 Å².